The molecule has 2 aromatic carbocycles. The molecule has 0 aliphatic carbocycles. The first-order valence-corrected chi connectivity index (χ1v) is 12.0. The molecular formula is C23H25N5O5S. The summed E-state index contributed by atoms with van der Waals surface area (Å²) < 4.78 is 38.3. The summed E-state index contributed by atoms with van der Waals surface area (Å²) in [5.41, 5.74) is 1.18. The van der Waals surface area contributed by atoms with Gasteiger partial charge in [0, 0.05) is 55.9 Å². The van der Waals surface area contributed by atoms with Gasteiger partial charge < -0.3 is 19.7 Å². The molecule has 178 valence electrons. The molecule has 1 N–H and O–H groups in total. The highest BCUT2D eigenvalue weighted by molar-refractivity contribution is 7.89. The molecule has 34 heavy (non-hydrogen) atoms. The number of ether oxygens (including phenoxy) is 2. The van der Waals surface area contributed by atoms with Gasteiger partial charge in [-0.3, -0.25) is 4.79 Å². The molecule has 10 nitrogen and oxygen atoms in total. The molecule has 0 saturated carbocycles. The standard InChI is InChI=1S/C23H25N5O5S/c1-32-19-7-8-20(33-2)21(16-19)34(30,31)28-13-11-27(12-14-28)22(29)17-5-3-6-18(15-17)26-23-24-9-4-10-25-23/h3-10,15-16H,11-14H2,1-2H3,(H,24,25,26). The van der Waals surface area contributed by atoms with Crippen LogP contribution in [0.5, 0.6) is 11.5 Å². The second-order valence-electron chi connectivity index (χ2n) is 7.49. The van der Waals surface area contributed by atoms with Crippen LogP contribution < -0.4 is 14.8 Å². The van der Waals surface area contributed by atoms with Crippen LogP contribution >= 0.6 is 0 Å². The van der Waals surface area contributed by atoms with Gasteiger partial charge in [0.15, 0.2) is 0 Å². The van der Waals surface area contributed by atoms with Crippen molar-refractivity contribution in [2.24, 2.45) is 0 Å². The number of nitrogens with one attached hydrogen (secondary N) is 1. The molecule has 1 saturated heterocycles. The van der Waals surface area contributed by atoms with E-state index in [9.17, 15) is 13.2 Å². The third kappa shape index (κ3) is 4.95. The SMILES string of the molecule is COc1ccc(OC)c(S(=O)(=O)N2CCN(C(=O)c3cccc(Nc4ncccn4)c3)CC2)c1. The first kappa shape index (κ1) is 23.5. The molecule has 1 aliphatic rings. The van der Waals surface area contributed by atoms with Crippen molar-refractivity contribution in [2.75, 3.05) is 45.7 Å². The van der Waals surface area contributed by atoms with Gasteiger partial charge in [0.05, 0.1) is 14.2 Å². The lowest BCUT2D eigenvalue weighted by Crippen LogP contribution is -2.50. The molecular weight excluding hydrogens is 458 g/mol. The fourth-order valence-electron chi connectivity index (χ4n) is 3.66. The number of carbonyl (C=O) groups excluding carboxylic acids is 1. The van der Waals surface area contributed by atoms with Gasteiger partial charge in [-0.2, -0.15) is 4.31 Å². The maximum atomic E-state index is 13.3. The van der Waals surface area contributed by atoms with Crippen LogP contribution in [0.4, 0.5) is 11.6 Å². The summed E-state index contributed by atoms with van der Waals surface area (Å²) in [5, 5.41) is 3.06. The Bertz CT molecular complexity index is 1260. The number of aromatic nitrogens is 2. The van der Waals surface area contributed by atoms with Gasteiger partial charge >= 0.3 is 0 Å². The Morgan fingerprint density at radius 2 is 1.68 bits per heavy atom. The smallest absolute Gasteiger partial charge is 0.254 e. The number of sulfonamides is 1. The van der Waals surface area contributed by atoms with Gasteiger partial charge in [0.2, 0.25) is 16.0 Å². The molecule has 0 bridgehead atoms. The molecule has 2 heterocycles. The zero-order valence-electron chi connectivity index (χ0n) is 18.8. The molecule has 0 unspecified atom stereocenters. The average Bonchev–Trinajstić information content (AvgIpc) is 2.88. The molecule has 1 aromatic heterocycles. The molecule has 1 amide bonds. The number of methoxy groups -OCH3 is 2. The summed E-state index contributed by atoms with van der Waals surface area (Å²) in [5.74, 6) is 0.918. The van der Waals surface area contributed by atoms with Crippen molar-refractivity contribution in [2.45, 2.75) is 4.90 Å². The van der Waals surface area contributed by atoms with Gasteiger partial charge in [0.1, 0.15) is 16.4 Å². The number of carbonyl (C=O) groups is 1. The van der Waals surface area contributed by atoms with Crippen molar-refractivity contribution in [3.05, 3.63) is 66.5 Å². The Morgan fingerprint density at radius 1 is 0.941 bits per heavy atom. The number of hydrogen-bond acceptors (Lipinski definition) is 8. The van der Waals surface area contributed by atoms with E-state index in [1.54, 1.807) is 53.7 Å². The van der Waals surface area contributed by atoms with Crippen LogP contribution in [-0.2, 0) is 10.0 Å². The van der Waals surface area contributed by atoms with E-state index in [4.69, 9.17) is 9.47 Å². The third-order valence-corrected chi connectivity index (χ3v) is 7.37. The summed E-state index contributed by atoms with van der Waals surface area (Å²) in [6.45, 7) is 0.877. The van der Waals surface area contributed by atoms with Crippen molar-refractivity contribution in [3.63, 3.8) is 0 Å². The average molecular weight is 484 g/mol. The lowest BCUT2D eigenvalue weighted by molar-refractivity contribution is 0.0698. The lowest BCUT2D eigenvalue weighted by Gasteiger charge is -2.34. The summed E-state index contributed by atoms with van der Waals surface area (Å²) in [6, 6.07) is 13.4. The Balaban J connectivity index is 1.45. The first-order valence-electron chi connectivity index (χ1n) is 10.6. The minimum Gasteiger partial charge on any atom is -0.497 e. The van der Waals surface area contributed by atoms with E-state index in [0.717, 1.165) is 0 Å². The predicted octanol–water partition coefficient (Wildman–Crippen LogP) is 2.38. The highest BCUT2D eigenvalue weighted by atomic mass is 32.2. The number of benzene rings is 2. The number of piperazine rings is 1. The largest absolute Gasteiger partial charge is 0.497 e. The second kappa shape index (κ2) is 10.1. The van der Waals surface area contributed by atoms with Crippen molar-refractivity contribution < 1.29 is 22.7 Å². The van der Waals surface area contributed by atoms with Gasteiger partial charge in [-0.15, -0.1) is 0 Å². The topological polar surface area (TPSA) is 114 Å². The second-order valence-corrected chi connectivity index (χ2v) is 9.40. The fraction of sp³-hybridized carbons (Fsp3) is 0.261. The Hall–Kier alpha value is -3.70. The van der Waals surface area contributed by atoms with Gasteiger partial charge in [-0.25, -0.2) is 18.4 Å². The fourth-order valence-corrected chi connectivity index (χ4v) is 5.25. The number of anilines is 2. The van der Waals surface area contributed by atoms with Crippen LogP contribution in [0.1, 0.15) is 10.4 Å². The highest BCUT2D eigenvalue weighted by Crippen LogP contribution is 2.31. The zero-order chi connectivity index (χ0) is 24.1. The van der Waals surface area contributed by atoms with E-state index in [-0.39, 0.29) is 42.7 Å². The predicted molar refractivity (Wildman–Crippen MR) is 126 cm³/mol. The summed E-state index contributed by atoms with van der Waals surface area (Å²) >= 11 is 0. The van der Waals surface area contributed by atoms with Gasteiger partial charge in [-0.1, -0.05) is 6.07 Å². The van der Waals surface area contributed by atoms with Crippen molar-refractivity contribution in [1.82, 2.24) is 19.2 Å². The van der Waals surface area contributed by atoms with Crippen LogP contribution in [0.15, 0.2) is 65.8 Å². The van der Waals surface area contributed by atoms with E-state index in [0.29, 0.717) is 22.9 Å². The van der Waals surface area contributed by atoms with Crippen molar-refractivity contribution in [1.29, 1.82) is 0 Å². The molecule has 0 radical (unpaired) electrons. The van der Waals surface area contributed by atoms with Gasteiger partial charge in [-0.05, 0) is 36.4 Å². The maximum absolute atomic E-state index is 13.3. The summed E-state index contributed by atoms with van der Waals surface area (Å²) in [7, 11) is -0.933. The van der Waals surface area contributed by atoms with Crippen LogP contribution in [-0.4, -0.2) is 73.9 Å². The minimum absolute atomic E-state index is 0.0380. The number of rotatable bonds is 7. The minimum atomic E-state index is -3.83. The van der Waals surface area contributed by atoms with Crippen LogP contribution in [0, 0.1) is 0 Å². The number of hydrogen-bond donors (Lipinski definition) is 1. The van der Waals surface area contributed by atoms with Crippen LogP contribution in [0.2, 0.25) is 0 Å². The Morgan fingerprint density at radius 3 is 2.35 bits per heavy atom. The zero-order valence-corrected chi connectivity index (χ0v) is 19.7. The van der Waals surface area contributed by atoms with E-state index >= 15 is 0 Å². The van der Waals surface area contributed by atoms with Crippen molar-refractivity contribution >= 4 is 27.6 Å². The normalized spacial score (nSPS) is 14.5. The van der Waals surface area contributed by atoms with E-state index in [1.807, 2.05) is 6.07 Å². The Labute approximate surface area is 198 Å². The first-order chi connectivity index (χ1) is 16.4. The Kier molecular flexibility index (Phi) is 6.94. The lowest BCUT2D eigenvalue weighted by atomic mass is 10.1. The van der Waals surface area contributed by atoms with Crippen LogP contribution in [0.3, 0.4) is 0 Å². The third-order valence-electron chi connectivity index (χ3n) is 5.45. The number of amides is 1. The molecule has 0 atom stereocenters. The van der Waals surface area contributed by atoms with Crippen LogP contribution in [0.25, 0.3) is 0 Å². The quantitative estimate of drug-likeness (QED) is 0.545. The molecule has 1 aliphatic heterocycles. The number of nitrogens with zero attached hydrogens (tertiary/aromatic N) is 4. The monoisotopic (exact) mass is 483 g/mol. The van der Waals surface area contributed by atoms with Crippen molar-refractivity contribution in [3.8, 4) is 11.5 Å². The summed E-state index contributed by atoms with van der Waals surface area (Å²) in [4.78, 5) is 23.0. The molecule has 3 aromatic rings. The molecule has 11 heteroatoms. The van der Waals surface area contributed by atoms with E-state index in [1.165, 1.54) is 24.6 Å². The van der Waals surface area contributed by atoms with E-state index in [2.05, 4.69) is 15.3 Å². The van der Waals surface area contributed by atoms with Gasteiger partial charge in [0.25, 0.3) is 5.91 Å². The highest BCUT2D eigenvalue weighted by Gasteiger charge is 2.32. The maximum Gasteiger partial charge on any atom is 0.254 e. The molecule has 1 fully saturated rings. The molecule has 4 rings (SSSR count). The molecule has 0 spiro atoms. The summed E-state index contributed by atoms with van der Waals surface area (Å²) in [6.07, 6.45) is 3.25. The van der Waals surface area contributed by atoms with E-state index < -0.39 is 10.0 Å².